The SMILES string of the molecule is Cc1cc(Nc2cccc(C(F)(F)F)c2)c2cc(Cl)ccc2n1. The molecule has 2 nitrogen and oxygen atoms in total. The molecule has 3 aromatic rings. The van der Waals surface area contributed by atoms with Gasteiger partial charge in [0.05, 0.1) is 11.1 Å². The summed E-state index contributed by atoms with van der Waals surface area (Å²) in [7, 11) is 0. The van der Waals surface area contributed by atoms with Gasteiger partial charge in [-0.2, -0.15) is 13.2 Å². The molecule has 0 bridgehead atoms. The summed E-state index contributed by atoms with van der Waals surface area (Å²) in [6, 6.07) is 12.1. The van der Waals surface area contributed by atoms with Crippen LogP contribution in [0.15, 0.2) is 48.5 Å². The van der Waals surface area contributed by atoms with Crippen molar-refractivity contribution in [3.63, 3.8) is 0 Å². The Kier molecular flexibility index (Phi) is 3.90. The Morgan fingerprint density at radius 1 is 1.04 bits per heavy atom. The van der Waals surface area contributed by atoms with Crippen LogP contribution in [0.5, 0.6) is 0 Å². The third kappa shape index (κ3) is 3.40. The monoisotopic (exact) mass is 336 g/mol. The molecule has 1 aromatic heterocycles. The molecular formula is C17H12ClF3N2. The Hall–Kier alpha value is -2.27. The summed E-state index contributed by atoms with van der Waals surface area (Å²) in [5.41, 5.74) is 1.80. The molecule has 1 N–H and O–H groups in total. The number of alkyl halides is 3. The van der Waals surface area contributed by atoms with Crippen LogP contribution in [0.4, 0.5) is 24.5 Å². The summed E-state index contributed by atoms with van der Waals surface area (Å²) in [5, 5.41) is 4.32. The average Bonchev–Trinajstić information content (AvgIpc) is 2.47. The van der Waals surface area contributed by atoms with Gasteiger partial charge in [-0.05, 0) is 49.4 Å². The Labute approximate surface area is 135 Å². The summed E-state index contributed by atoms with van der Waals surface area (Å²) in [6.07, 6.45) is -4.38. The second-order valence-electron chi connectivity index (χ2n) is 5.18. The second kappa shape index (κ2) is 5.74. The maximum Gasteiger partial charge on any atom is 0.416 e. The van der Waals surface area contributed by atoms with Gasteiger partial charge in [0.15, 0.2) is 0 Å². The predicted molar refractivity (Wildman–Crippen MR) is 86.2 cm³/mol. The Bertz CT molecular complexity index is 875. The topological polar surface area (TPSA) is 24.9 Å². The molecule has 0 saturated heterocycles. The number of hydrogen-bond acceptors (Lipinski definition) is 2. The van der Waals surface area contributed by atoms with Crippen LogP contribution in [-0.2, 0) is 6.18 Å². The van der Waals surface area contributed by atoms with Crippen molar-refractivity contribution in [2.24, 2.45) is 0 Å². The molecule has 0 aliphatic rings. The standard InChI is InChI=1S/C17H12ClF3N2/c1-10-7-16(14-9-12(18)5-6-15(14)22-10)23-13-4-2-3-11(8-13)17(19,20)21/h2-9H,1H3,(H,22,23). The highest BCUT2D eigenvalue weighted by atomic mass is 35.5. The minimum Gasteiger partial charge on any atom is -0.355 e. The van der Waals surface area contributed by atoms with Crippen LogP contribution in [0.3, 0.4) is 0 Å². The van der Waals surface area contributed by atoms with Gasteiger partial charge in [-0.25, -0.2) is 0 Å². The highest BCUT2D eigenvalue weighted by Gasteiger charge is 2.30. The quantitative estimate of drug-likeness (QED) is 0.624. The van der Waals surface area contributed by atoms with Gasteiger partial charge in [0, 0.05) is 27.5 Å². The summed E-state index contributed by atoms with van der Waals surface area (Å²) >= 11 is 6.01. The van der Waals surface area contributed by atoms with E-state index in [1.165, 1.54) is 6.07 Å². The first-order valence-electron chi connectivity index (χ1n) is 6.84. The van der Waals surface area contributed by atoms with Crippen LogP contribution < -0.4 is 5.32 Å². The van der Waals surface area contributed by atoms with Gasteiger partial charge in [-0.3, -0.25) is 4.98 Å². The molecule has 0 fully saturated rings. The van der Waals surface area contributed by atoms with Crippen LogP contribution in [-0.4, -0.2) is 4.98 Å². The van der Waals surface area contributed by atoms with Crippen molar-refractivity contribution < 1.29 is 13.2 Å². The zero-order valence-corrected chi connectivity index (χ0v) is 12.8. The third-order valence-corrected chi connectivity index (χ3v) is 3.60. The lowest BCUT2D eigenvalue weighted by Crippen LogP contribution is -2.05. The van der Waals surface area contributed by atoms with Crippen molar-refractivity contribution in [1.82, 2.24) is 4.98 Å². The van der Waals surface area contributed by atoms with E-state index in [1.54, 1.807) is 30.3 Å². The van der Waals surface area contributed by atoms with Crippen molar-refractivity contribution in [3.05, 3.63) is 64.8 Å². The number of rotatable bonds is 2. The Balaban J connectivity index is 2.06. The van der Waals surface area contributed by atoms with Gasteiger partial charge in [0.25, 0.3) is 0 Å². The molecule has 0 spiro atoms. The van der Waals surface area contributed by atoms with Crippen LogP contribution in [0.1, 0.15) is 11.3 Å². The second-order valence-corrected chi connectivity index (χ2v) is 5.61. The number of pyridine rings is 1. The lowest BCUT2D eigenvalue weighted by atomic mass is 10.1. The summed E-state index contributed by atoms with van der Waals surface area (Å²) in [6.45, 7) is 1.82. The molecule has 0 unspecified atom stereocenters. The number of aryl methyl sites for hydroxylation is 1. The number of benzene rings is 2. The van der Waals surface area contributed by atoms with E-state index in [9.17, 15) is 13.2 Å². The van der Waals surface area contributed by atoms with Gasteiger partial charge in [-0.1, -0.05) is 17.7 Å². The van der Waals surface area contributed by atoms with Gasteiger partial charge in [0.2, 0.25) is 0 Å². The number of fused-ring (bicyclic) bond motifs is 1. The number of anilines is 2. The molecule has 0 radical (unpaired) electrons. The van der Waals surface area contributed by atoms with E-state index >= 15 is 0 Å². The molecule has 118 valence electrons. The summed E-state index contributed by atoms with van der Waals surface area (Å²) in [5.74, 6) is 0. The molecule has 23 heavy (non-hydrogen) atoms. The van der Waals surface area contributed by atoms with Crippen LogP contribution in [0.25, 0.3) is 10.9 Å². The number of aromatic nitrogens is 1. The molecule has 3 rings (SSSR count). The van der Waals surface area contributed by atoms with Crippen molar-refractivity contribution in [2.45, 2.75) is 13.1 Å². The first-order chi connectivity index (χ1) is 10.8. The van der Waals surface area contributed by atoms with Crippen molar-refractivity contribution in [1.29, 1.82) is 0 Å². The van der Waals surface area contributed by atoms with E-state index in [-0.39, 0.29) is 0 Å². The molecule has 0 aliphatic carbocycles. The van der Waals surface area contributed by atoms with E-state index in [2.05, 4.69) is 10.3 Å². The van der Waals surface area contributed by atoms with Crippen LogP contribution >= 0.6 is 11.6 Å². The molecule has 2 aromatic carbocycles. The van der Waals surface area contributed by atoms with Gasteiger partial charge in [0.1, 0.15) is 0 Å². The number of halogens is 4. The highest BCUT2D eigenvalue weighted by molar-refractivity contribution is 6.31. The van der Waals surface area contributed by atoms with E-state index in [0.29, 0.717) is 16.4 Å². The maximum atomic E-state index is 12.8. The maximum absolute atomic E-state index is 12.8. The van der Waals surface area contributed by atoms with Crippen molar-refractivity contribution >= 4 is 33.9 Å². The largest absolute Gasteiger partial charge is 0.416 e. The molecule has 0 atom stereocenters. The smallest absolute Gasteiger partial charge is 0.355 e. The number of hydrogen-bond donors (Lipinski definition) is 1. The van der Waals surface area contributed by atoms with Crippen molar-refractivity contribution in [3.8, 4) is 0 Å². The van der Waals surface area contributed by atoms with Crippen molar-refractivity contribution in [2.75, 3.05) is 5.32 Å². The zero-order chi connectivity index (χ0) is 16.6. The minimum atomic E-state index is -4.38. The summed E-state index contributed by atoms with van der Waals surface area (Å²) in [4.78, 5) is 4.40. The van der Waals surface area contributed by atoms with Crippen LogP contribution in [0, 0.1) is 6.92 Å². The van der Waals surface area contributed by atoms with Gasteiger partial charge < -0.3 is 5.32 Å². The fourth-order valence-corrected chi connectivity index (χ4v) is 2.53. The van der Waals surface area contributed by atoms with E-state index in [0.717, 1.165) is 28.7 Å². The minimum absolute atomic E-state index is 0.353. The Morgan fingerprint density at radius 3 is 2.57 bits per heavy atom. The molecule has 6 heteroatoms. The summed E-state index contributed by atoms with van der Waals surface area (Å²) < 4.78 is 38.5. The van der Waals surface area contributed by atoms with Gasteiger partial charge in [-0.15, -0.1) is 0 Å². The fourth-order valence-electron chi connectivity index (χ4n) is 2.36. The molecule has 0 aliphatic heterocycles. The highest BCUT2D eigenvalue weighted by Crippen LogP contribution is 2.33. The Morgan fingerprint density at radius 2 is 1.83 bits per heavy atom. The zero-order valence-electron chi connectivity index (χ0n) is 12.1. The van der Waals surface area contributed by atoms with E-state index < -0.39 is 11.7 Å². The molecule has 0 saturated carbocycles. The molecule has 0 amide bonds. The van der Waals surface area contributed by atoms with E-state index in [4.69, 9.17) is 11.6 Å². The first-order valence-corrected chi connectivity index (χ1v) is 7.22. The lowest BCUT2D eigenvalue weighted by Gasteiger charge is -2.13. The van der Waals surface area contributed by atoms with Gasteiger partial charge >= 0.3 is 6.18 Å². The predicted octanol–water partition coefficient (Wildman–Crippen LogP) is 5.96. The molecular weight excluding hydrogens is 325 g/mol. The van der Waals surface area contributed by atoms with E-state index in [1.807, 2.05) is 6.92 Å². The third-order valence-electron chi connectivity index (χ3n) is 3.37. The van der Waals surface area contributed by atoms with Crippen LogP contribution in [0.2, 0.25) is 5.02 Å². The number of nitrogens with one attached hydrogen (secondary N) is 1. The number of nitrogens with zero attached hydrogens (tertiary/aromatic N) is 1. The fraction of sp³-hybridized carbons (Fsp3) is 0.118. The average molecular weight is 337 g/mol. The lowest BCUT2D eigenvalue weighted by molar-refractivity contribution is -0.137. The molecule has 1 heterocycles. The normalized spacial score (nSPS) is 11.7. The first kappa shape index (κ1) is 15.6.